The molecule has 4 atom stereocenters. The summed E-state index contributed by atoms with van der Waals surface area (Å²) in [6, 6.07) is 2.76. The normalized spacial score (nSPS) is 25.9. The van der Waals surface area contributed by atoms with Gasteiger partial charge in [0.05, 0.1) is 31.0 Å². The minimum Gasteiger partial charge on any atom is -0.488 e. The second-order valence-corrected chi connectivity index (χ2v) is 19.1. The Morgan fingerprint density at radius 1 is 0.982 bits per heavy atom. The topological polar surface area (TPSA) is 182 Å². The van der Waals surface area contributed by atoms with Gasteiger partial charge in [-0.25, -0.2) is 18.2 Å². The number of ether oxygens (including phenoxy) is 3. The third-order valence-corrected chi connectivity index (χ3v) is 13.4. The van der Waals surface area contributed by atoms with E-state index in [0.717, 1.165) is 61.5 Å². The van der Waals surface area contributed by atoms with Gasteiger partial charge in [0.15, 0.2) is 0 Å². The molecule has 3 aliphatic heterocycles. The quantitative estimate of drug-likeness (QED) is 0.354. The van der Waals surface area contributed by atoms with Crippen LogP contribution in [0.25, 0.3) is 10.9 Å². The number of sulfonamides is 1. The summed E-state index contributed by atoms with van der Waals surface area (Å²) in [6.45, 7) is 8.59. The van der Waals surface area contributed by atoms with Crippen LogP contribution in [-0.2, 0) is 35.6 Å². The molecule has 1 aromatic heterocycles. The second-order valence-electron chi connectivity index (χ2n) is 17.1. The molecule has 4 heterocycles. The van der Waals surface area contributed by atoms with Crippen molar-refractivity contribution in [1.82, 2.24) is 25.2 Å². The minimum absolute atomic E-state index is 0.0210. The van der Waals surface area contributed by atoms with E-state index in [0.29, 0.717) is 49.3 Å². The van der Waals surface area contributed by atoms with Gasteiger partial charge in [0.1, 0.15) is 30.0 Å². The van der Waals surface area contributed by atoms with Crippen molar-refractivity contribution in [2.45, 2.75) is 153 Å². The first-order chi connectivity index (χ1) is 26.6. The molecule has 1 unspecified atom stereocenters. The molecule has 56 heavy (non-hydrogen) atoms. The molecule has 2 aromatic rings. The Hall–Kier alpha value is -4.14. The van der Waals surface area contributed by atoms with Crippen molar-refractivity contribution < 1.29 is 41.8 Å². The number of alkyl carbamates (subject to hydrolysis) is 1. The van der Waals surface area contributed by atoms with Crippen LogP contribution >= 0.6 is 0 Å². The molecular formula is C41H59N5O9S. The number of cyclic esters (lactones) is 1. The van der Waals surface area contributed by atoms with Gasteiger partial charge in [0, 0.05) is 17.9 Å². The largest absolute Gasteiger partial charge is 0.488 e. The number of hydrogen-bond acceptors (Lipinski definition) is 10. The Kier molecular flexibility index (Phi) is 13.0. The summed E-state index contributed by atoms with van der Waals surface area (Å²) < 4.78 is 45.8. The number of benzene rings is 1. The zero-order valence-corrected chi connectivity index (χ0v) is 34.3. The maximum atomic E-state index is 14.6. The molecule has 2 saturated heterocycles. The third-order valence-electron chi connectivity index (χ3n) is 11.5. The van der Waals surface area contributed by atoms with Crippen molar-refractivity contribution in [3.05, 3.63) is 29.3 Å². The Morgan fingerprint density at radius 3 is 2.39 bits per heavy atom. The Bertz CT molecular complexity index is 1900. The van der Waals surface area contributed by atoms with Crippen LogP contribution in [0.3, 0.4) is 0 Å². The monoisotopic (exact) mass is 797 g/mol. The Labute approximate surface area is 330 Å². The third kappa shape index (κ3) is 10.2. The minimum atomic E-state index is -3.86. The van der Waals surface area contributed by atoms with Gasteiger partial charge >= 0.3 is 6.09 Å². The average molecular weight is 798 g/mol. The number of carbonyl (C=O) groups is 4. The van der Waals surface area contributed by atoms with E-state index in [9.17, 15) is 27.6 Å². The SMILES string of the molecule is COc1cc2c3cc(c(C(C)C)cc3n1)CCCC(C)(C)COC(=O)N[C@H]1CCCCCCCCC(C(=O)NS(=O)(=O)C3CC3)NC(=O)[C@@H]3C[C@H](CN3C1=O)O2. The van der Waals surface area contributed by atoms with Crippen LogP contribution in [0.5, 0.6) is 11.6 Å². The van der Waals surface area contributed by atoms with Crippen LogP contribution in [0.15, 0.2) is 18.2 Å². The smallest absolute Gasteiger partial charge is 0.407 e. The highest BCUT2D eigenvalue weighted by molar-refractivity contribution is 7.90. The molecule has 3 fully saturated rings. The van der Waals surface area contributed by atoms with E-state index in [1.165, 1.54) is 12.0 Å². The van der Waals surface area contributed by atoms with E-state index in [1.54, 1.807) is 6.07 Å². The second kappa shape index (κ2) is 17.6. The molecule has 4 amide bonds. The van der Waals surface area contributed by atoms with Crippen molar-refractivity contribution in [3.63, 3.8) is 0 Å². The number of hydrogen-bond donors (Lipinski definition) is 3. The van der Waals surface area contributed by atoms with Crippen molar-refractivity contribution in [1.29, 1.82) is 0 Å². The van der Waals surface area contributed by atoms with Gasteiger partial charge in [0.2, 0.25) is 27.7 Å². The molecule has 3 N–H and O–H groups in total. The van der Waals surface area contributed by atoms with Crippen LogP contribution in [0.2, 0.25) is 0 Å². The summed E-state index contributed by atoms with van der Waals surface area (Å²) >= 11 is 0. The fourth-order valence-corrected chi connectivity index (χ4v) is 9.48. The van der Waals surface area contributed by atoms with Gasteiger partial charge in [0.25, 0.3) is 5.91 Å². The highest BCUT2D eigenvalue weighted by Crippen LogP contribution is 2.37. The van der Waals surface area contributed by atoms with Crippen molar-refractivity contribution >= 4 is 44.7 Å². The molecule has 0 spiro atoms. The van der Waals surface area contributed by atoms with Crippen molar-refractivity contribution in [3.8, 4) is 11.6 Å². The lowest BCUT2D eigenvalue weighted by atomic mass is 9.85. The predicted octanol–water partition coefficient (Wildman–Crippen LogP) is 5.40. The molecule has 6 rings (SSSR count). The van der Waals surface area contributed by atoms with Gasteiger partial charge in [-0.05, 0) is 79.5 Å². The molecule has 15 heteroatoms. The number of carbonyl (C=O) groups excluding carboxylic acids is 4. The first-order valence-electron chi connectivity index (χ1n) is 20.4. The van der Waals surface area contributed by atoms with Crippen LogP contribution in [0, 0.1) is 5.41 Å². The van der Waals surface area contributed by atoms with Gasteiger partial charge in [-0.2, -0.15) is 0 Å². The molecule has 308 valence electrons. The summed E-state index contributed by atoms with van der Waals surface area (Å²) in [5.74, 6) is -0.752. The summed E-state index contributed by atoms with van der Waals surface area (Å²) in [5, 5.41) is 5.82. The zero-order valence-electron chi connectivity index (χ0n) is 33.5. The number of aryl methyl sites for hydroxylation is 1. The number of aromatic nitrogens is 1. The van der Waals surface area contributed by atoms with E-state index >= 15 is 0 Å². The van der Waals surface area contributed by atoms with Crippen LogP contribution in [0.1, 0.15) is 128 Å². The fourth-order valence-electron chi connectivity index (χ4n) is 8.14. The van der Waals surface area contributed by atoms with Crippen molar-refractivity contribution in [2.24, 2.45) is 5.41 Å². The fraction of sp³-hybridized carbons (Fsp3) is 0.683. The number of nitrogens with one attached hydrogen (secondary N) is 3. The van der Waals surface area contributed by atoms with Gasteiger partial charge in [-0.15, -0.1) is 0 Å². The lowest BCUT2D eigenvalue weighted by molar-refractivity contribution is -0.141. The van der Waals surface area contributed by atoms with Crippen LogP contribution in [0.4, 0.5) is 4.79 Å². The summed E-state index contributed by atoms with van der Waals surface area (Å²) in [7, 11) is -2.32. The maximum absolute atomic E-state index is 14.6. The first kappa shape index (κ1) is 41.5. The predicted molar refractivity (Wildman–Crippen MR) is 211 cm³/mol. The molecular weight excluding hydrogens is 739 g/mol. The van der Waals surface area contributed by atoms with Crippen molar-refractivity contribution in [2.75, 3.05) is 20.3 Å². The average Bonchev–Trinajstić information content (AvgIpc) is 3.93. The number of pyridine rings is 1. The maximum Gasteiger partial charge on any atom is 0.407 e. The lowest BCUT2D eigenvalue weighted by Crippen LogP contribution is -2.56. The summed E-state index contributed by atoms with van der Waals surface area (Å²) in [5.41, 5.74) is 2.69. The zero-order chi connectivity index (χ0) is 40.2. The standard InChI is InChI=1S/C41H59N5O9S/c1-25(2)29-21-33-30-19-26(29)13-12-18-41(3,4)24-54-40(50)44-32-15-11-9-7-6-8-10-14-31(37(47)45-56(51,52)28-16-17-28)43-38(48)34-20-27(23-46(34)39(32)49)55-35(30)22-36(42-33)53-5/h19,21-22,25,27-28,31-32,34H,6-18,20,23-24H2,1-5H3,(H,43,48)(H,44,50)(H,45,47)/t27-,31?,32+,34+/m1/s1. The number of fused-ring (bicyclic) bond motifs is 3. The summed E-state index contributed by atoms with van der Waals surface area (Å²) in [6.07, 6.45) is 7.35. The highest BCUT2D eigenvalue weighted by Gasteiger charge is 2.45. The van der Waals surface area contributed by atoms with E-state index in [2.05, 4.69) is 55.2 Å². The van der Waals surface area contributed by atoms with Gasteiger partial charge < -0.3 is 29.7 Å². The Morgan fingerprint density at radius 2 is 1.70 bits per heavy atom. The number of rotatable bonds is 5. The molecule has 1 saturated carbocycles. The molecule has 14 nitrogen and oxygen atoms in total. The van der Waals surface area contributed by atoms with Gasteiger partial charge in [-0.3, -0.25) is 19.1 Å². The van der Waals surface area contributed by atoms with Crippen LogP contribution in [-0.4, -0.2) is 91.9 Å². The molecule has 5 bridgehead atoms. The van der Waals surface area contributed by atoms with Crippen LogP contribution < -0.4 is 24.8 Å². The molecule has 4 aliphatic rings. The number of amides is 4. The molecule has 1 aromatic carbocycles. The first-order valence-corrected chi connectivity index (χ1v) is 22.0. The van der Waals surface area contributed by atoms with E-state index in [1.807, 2.05) is 0 Å². The van der Waals surface area contributed by atoms with Gasteiger partial charge in [-0.1, -0.05) is 66.2 Å². The number of nitrogens with zero attached hydrogens (tertiary/aromatic N) is 2. The Balaban J connectivity index is 1.38. The summed E-state index contributed by atoms with van der Waals surface area (Å²) in [4.78, 5) is 61.9. The lowest BCUT2D eigenvalue weighted by Gasteiger charge is -2.30. The highest BCUT2D eigenvalue weighted by atomic mass is 32.2. The number of methoxy groups -OCH3 is 1. The van der Waals surface area contributed by atoms with E-state index < -0.39 is 63.3 Å². The molecule has 1 aliphatic carbocycles. The molecule has 0 radical (unpaired) electrons. The van der Waals surface area contributed by atoms with E-state index in [-0.39, 0.29) is 37.3 Å². The van der Waals surface area contributed by atoms with E-state index in [4.69, 9.17) is 19.2 Å².